The zero-order valence-electron chi connectivity index (χ0n) is 6.58. The molecule has 0 fully saturated rings. The molecule has 0 bridgehead atoms. The van der Waals surface area contributed by atoms with E-state index in [0.717, 1.165) is 18.6 Å². The van der Waals surface area contributed by atoms with Crippen molar-refractivity contribution in [3.8, 4) is 0 Å². The van der Waals surface area contributed by atoms with Gasteiger partial charge in [0.1, 0.15) is 0 Å². The molecule has 0 spiro atoms. The van der Waals surface area contributed by atoms with E-state index in [-0.39, 0.29) is 0 Å². The minimum atomic E-state index is -0.410. The third kappa shape index (κ3) is 2.53. The van der Waals surface area contributed by atoms with Gasteiger partial charge in [0, 0.05) is 17.8 Å². The summed E-state index contributed by atoms with van der Waals surface area (Å²) in [6.45, 7) is 2.06. The van der Waals surface area contributed by atoms with Crippen LogP contribution in [0.1, 0.15) is 19.8 Å². The average molecular weight is 152 g/mol. The van der Waals surface area contributed by atoms with E-state index in [1.165, 1.54) is 6.08 Å². The van der Waals surface area contributed by atoms with Crippen LogP contribution < -0.4 is 5.73 Å². The molecule has 0 saturated carbocycles. The Balaban J connectivity index is 2.50. The summed E-state index contributed by atoms with van der Waals surface area (Å²) in [6, 6.07) is 0.405. The molecular formula is C8H12N2O. The van der Waals surface area contributed by atoms with Crippen molar-refractivity contribution in [3.63, 3.8) is 0 Å². The van der Waals surface area contributed by atoms with E-state index in [9.17, 15) is 4.79 Å². The first kappa shape index (κ1) is 7.98. The average Bonchev–Trinajstić information content (AvgIpc) is 2.31. The van der Waals surface area contributed by atoms with Gasteiger partial charge in [-0.1, -0.05) is 0 Å². The SMILES string of the molecule is CC1CCC(/C=C/C(N)=O)=N1. The fourth-order valence-electron chi connectivity index (χ4n) is 1.07. The zero-order chi connectivity index (χ0) is 8.27. The van der Waals surface area contributed by atoms with Gasteiger partial charge in [0.15, 0.2) is 0 Å². The lowest BCUT2D eigenvalue weighted by Gasteiger charge is -1.89. The summed E-state index contributed by atoms with van der Waals surface area (Å²) in [5.41, 5.74) is 5.91. The summed E-state index contributed by atoms with van der Waals surface area (Å²) in [6.07, 6.45) is 5.10. The lowest BCUT2D eigenvalue weighted by Crippen LogP contribution is -2.06. The van der Waals surface area contributed by atoms with Crippen molar-refractivity contribution in [3.05, 3.63) is 12.2 Å². The van der Waals surface area contributed by atoms with Crippen LogP contribution in [0.25, 0.3) is 0 Å². The Labute approximate surface area is 66.0 Å². The minimum Gasteiger partial charge on any atom is -0.366 e. The van der Waals surface area contributed by atoms with Gasteiger partial charge in [-0.25, -0.2) is 0 Å². The maximum Gasteiger partial charge on any atom is 0.241 e. The van der Waals surface area contributed by atoms with Crippen molar-refractivity contribution in [2.24, 2.45) is 10.7 Å². The van der Waals surface area contributed by atoms with Crippen molar-refractivity contribution in [2.75, 3.05) is 0 Å². The van der Waals surface area contributed by atoms with Crippen molar-refractivity contribution in [2.45, 2.75) is 25.8 Å². The number of rotatable bonds is 2. The van der Waals surface area contributed by atoms with E-state index in [4.69, 9.17) is 5.73 Å². The number of carbonyl (C=O) groups excluding carboxylic acids is 1. The van der Waals surface area contributed by atoms with Crippen LogP contribution in [0.4, 0.5) is 0 Å². The highest BCUT2D eigenvalue weighted by atomic mass is 16.1. The van der Waals surface area contributed by atoms with Gasteiger partial charge in [0.05, 0.1) is 0 Å². The molecule has 1 atom stereocenters. The highest BCUT2D eigenvalue weighted by Gasteiger charge is 2.09. The summed E-state index contributed by atoms with van der Waals surface area (Å²) >= 11 is 0. The molecule has 3 nitrogen and oxygen atoms in total. The maximum atomic E-state index is 10.3. The molecule has 0 aromatic heterocycles. The van der Waals surface area contributed by atoms with Crippen LogP contribution in [0.5, 0.6) is 0 Å². The summed E-state index contributed by atoms with van der Waals surface area (Å²) in [4.78, 5) is 14.6. The summed E-state index contributed by atoms with van der Waals surface area (Å²) in [5, 5.41) is 0. The second-order valence-electron chi connectivity index (χ2n) is 2.74. The van der Waals surface area contributed by atoms with Gasteiger partial charge in [-0.2, -0.15) is 0 Å². The first-order valence-corrected chi connectivity index (χ1v) is 3.72. The Kier molecular flexibility index (Phi) is 2.41. The second kappa shape index (κ2) is 3.32. The molecule has 60 valence electrons. The van der Waals surface area contributed by atoms with Gasteiger partial charge in [-0.05, 0) is 25.8 Å². The van der Waals surface area contributed by atoms with Crippen LogP contribution in [0.2, 0.25) is 0 Å². The second-order valence-corrected chi connectivity index (χ2v) is 2.74. The van der Waals surface area contributed by atoms with E-state index in [1.54, 1.807) is 6.08 Å². The number of primary amides is 1. The van der Waals surface area contributed by atoms with Crippen molar-refractivity contribution in [1.82, 2.24) is 0 Å². The highest BCUT2D eigenvalue weighted by Crippen LogP contribution is 2.12. The lowest BCUT2D eigenvalue weighted by atomic mass is 10.2. The monoisotopic (exact) mass is 152 g/mol. The normalized spacial score (nSPS) is 24.1. The van der Waals surface area contributed by atoms with Gasteiger partial charge in [0.25, 0.3) is 0 Å². The van der Waals surface area contributed by atoms with Crippen LogP contribution in [0.15, 0.2) is 17.1 Å². The molecule has 1 rings (SSSR count). The van der Waals surface area contributed by atoms with Gasteiger partial charge in [-0.15, -0.1) is 0 Å². The van der Waals surface area contributed by atoms with Gasteiger partial charge >= 0.3 is 0 Å². The van der Waals surface area contributed by atoms with E-state index in [1.807, 2.05) is 0 Å². The van der Waals surface area contributed by atoms with Crippen molar-refractivity contribution in [1.29, 1.82) is 0 Å². The van der Waals surface area contributed by atoms with Crippen LogP contribution in [-0.2, 0) is 4.79 Å². The third-order valence-electron chi connectivity index (χ3n) is 1.64. The van der Waals surface area contributed by atoms with Gasteiger partial charge in [-0.3, -0.25) is 9.79 Å². The van der Waals surface area contributed by atoms with Crippen molar-refractivity contribution >= 4 is 11.6 Å². The smallest absolute Gasteiger partial charge is 0.241 e. The zero-order valence-corrected chi connectivity index (χ0v) is 6.58. The number of nitrogens with zero attached hydrogens (tertiary/aromatic N) is 1. The third-order valence-corrected chi connectivity index (χ3v) is 1.64. The maximum absolute atomic E-state index is 10.3. The number of allylic oxidation sites excluding steroid dienone is 1. The topological polar surface area (TPSA) is 55.5 Å². The summed E-state index contributed by atoms with van der Waals surface area (Å²) in [5.74, 6) is -0.410. The standard InChI is InChI=1S/C8H12N2O/c1-6-2-3-7(10-6)4-5-8(9)11/h4-6H,2-3H2,1H3,(H2,9,11)/b5-4+. The van der Waals surface area contributed by atoms with Crippen molar-refractivity contribution < 1.29 is 4.79 Å². The number of hydrogen-bond acceptors (Lipinski definition) is 2. The first-order chi connectivity index (χ1) is 5.18. The van der Waals surface area contributed by atoms with E-state index in [2.05, 4.69) is 11.9 Å². The van der Waals surface area contributed by atoms with Crippen LogP contribution in [0.3, 0.4) is 0 Å². The molecule has 1 heterocycles. The Morgan fingerprint density at radius 1 is 1.82 bits per heavy atom. The predicted octanol–water partition coefficient (Wildman–Crippen LogP) is 0.651. The van der Waals surface area contributed by atoms with E-state index in [0.29, 0.717) is 6.04 Å². The Hall–Kier alpha value is -1.12. The number of aliphatic imine (C=N–C) groups is 1. The van der Waals surface area contributed by atoms with Crippen LogP contribution >= 0.6 is 0 Å². The fraction of sp³-hybridized carbons (Fsp3) is 0.500. The molecule has 0 aromatic carbocycles. The molecule has 1 unspecified atom stereocenters. The Bertz CT molecular complexity index is 218. The van der Waals surface area contributed by atoms with Crippen LogP contribution in [-0.4, -0.2) is 17.7 Å². The summed E-state index contributed by atoms with van der Waals surface area (Å²) in [7, 11) is 0. The lowest BCUT2D eigenvalue weighted by molar-refractivity contribution is -0.113. The Morgan fingerprint density at radius 3 is 3.00 bits per heavy atom. The molecular weight excluding hydrogens is 140 g/mol. The molecule has 2 N–H and O–H groups in total. The molecule has 0 aliphatic carbocycles. The molecule has 0 radical (unpaired) electrons. The predicted molar refractivity (Wildman–Crippen MR) is 44.5 cm³/mol. The van der Waals surface area contributed by atoms with Crippen LogP contribution in [0, 0.1) is 0 Å². The Morgan fingerprint density at radius 2 is 2.55 bits per heavy atom. The summed E-state index contributed by atoms with van der Waals surface area (Å²) < 4.78 is 0. The quantitative estimate of drug-likeness (QED) is 0.580. The van der Waals surface area contributed by atoms with Gasteiger partial charge in [0.2, 0.25) is 5.91 Å². The molecule has 11 heavy (non-hydrogen) atoms. The van der Waals surface area contributed by atoms with E-state index < -0.39 is 5.91 Å². The highest BCUT2D eigenvalue weighted by molar-refractivity contribution is 6.01. The van der Waals surface area contributed by atoms with Gasteiger partial charge < -0.3 is 5.73 Å². The fourth-order valence-corrected chi connectivity index (χ4v) is 1.07. The molecule has 1 aliphatic rings. The molecule has 0 aromatic rings. The minimum absolute atomic E-state index is 0.405. The number of hydrogen-bond donors (Lipinski definition) is 1. The molecule has 1 aliphatic heterocycles. The van der Waals surface area contributed by atoms with E-state index >= 15 is 0 Å². The molecule has 0 saturated heterocycles. The number of nitrogens with two attached hydrogens (primary N) is 1. The number of carbonyl (C=O) groups is 1. The molecule has 3 heteroatoms. The largest absolute Gasteiger partial charge is 0.366 e. The number of amides is 1. The first-order valence-electron chi connectivity index (χ1n) is 3.72. The molecule has 1 amide bonds.